The van der Waals surface area contributed by atoms with E-state index in [1.165, 1.54) is 5.57 Å². The van der Waals surface area contributed by atoms with Crippen molar-refractivity contribution in [1.29, 1.82) is 0 Å². The van der Waals surface area contributed by atoms with Gasteiger partial charge in [0.15, 0.2) is 0 Å². The minimum atomic E-state index is -0.664. The Morgan fingerprint density at radius 3 is 2.08 bits per heavy atom. The van der Waals surface area contributed by atoms with Crippen molar-refractivity contribution in [3.05, 3.63) is 11.6 Å². The van der Waals surface area contributed by atoms with E-state index in [4.69, 9.17) is 5.11 Å². The summed E-state index contributed by atoms with van der Waals surface area (Å²) in [6, 6.07) is 0. The fourth-order valence-corrected chi connectivity index (χ4v) is 1.82. The third-order valence-electron chi connectivity index (χ3n) is 2.69. The van der Waals surface area contributed by atoms with Crippen molar-refractivity contribution in [1.82, 2.24) is 0 Å². The maximum atomic E-state index is 10.7. The van der Waals surface area contributed by atoms with E-state index in [0.29, 0.717) is 0 Å². The maximum Gasteiger partial charge on any atom is 0.307 e. The van der Waals surface area contributed by atoms with Gasteiger partial charge in [0.05, 0.1) is 5.92 Å². The van der Waals surface area contributed by atoms with Gasteiger partial charge in [-0.15, -0.1) is 0 Å². The van der Waals surface area contributed by atoms with Crippen molar-refractivity contribution in [2.24, 2.45) is 17.3 Å². The van der Waals surface area contributed by atoms with E-state index in [-0.39, 0.29) is 29.7 Å². The molecule has 76 valence electrons. The molecule has 1 rings (SSSR count). The molecule has 1 fully saturated rings. The monoisotopic (exact) mass is 203 g/mol. The highest BCUT2D eigenvalue weighted by Crippen LogP contribution is 2.59. The van der Waals surface area contributed by atoms with Crippen LogP contribution < -0.4 is 12.4 Å². The van der Waals surface area contributed by atoms with Crippen LogP contribution in [0.5, 0.6) is 0 Å². The first-order valence-corrected chi connectivity index (χ1v) is 4.25. The van der Waals surface area contributed by atoms with Crippen LogP contribution in [0.25, 0.3) is 0 Å². The van der Waals surface area contributed by atoms with Gasteiger partial charge in [0, 0.05) is 0 Å². The van der Waals surface area contributed by atoms with Gasteiger partial charge in [-0.1, -0.05) is 25.5 Å². The van der Waals surface area contributed by atoms with Crippen LogP contribution in [0.1, 0.15) is 27.7 Å². The van der Waals surface area contributed by atoms with E-state index >= 15 is 0 Å². The predicted molar refractivity (Wildman–Crippen MR) is 47.8 cm³/mol. The Morgan fingerprint density at radius 2 is 1.85 bits per heavy atom. The Kier molecular flexibility index (Phi) is 3.56. The van der Waals surface area contributed by atoms with Gasteiger partial charge in [-0.25, -0.2) is 0 Å². The second-order valence-corrected chi connectivity index (χ2v) is 4.41. The lowest BCUT2D eigenvalue weighted by atomic mass is 10.1. The zero-order chi connectivity index (χ0) is 9.52. The Balaban J connectivity index is 0.00000144. The van der Waals surface area contributed by atoms with Crippen LogP contribution in [0.2, 0.25) is 0 Å². The molecule has 0 saturated heterocycles. The van der Waals surface area contributed by atoms with E-state index < -0.39 is 5.97 Å². The summed E-state index contributed by atoms with van der Waals surface area (Å²) in [5.41, 5.74) is 1.17. The van der Waals surface area contributed by atoms with Crippen LogP contribution in [0.15, 0.2) is 11.6 Å². The number of hydrogen-bond acceptors (Lipinski definition) is 1. The van der Waals surface area contributed by atoms with Gasteiger partial charge >= 0.3 is 5.97 Å². The number of carboxylic acid groups (broad SMARTS) is 1. The van der Waals surface area contributed by atoms with Crippen molar-refractivity contribution in [3.8, 4) is 0 Å². The van der Waals surface area contributed by atoms with E-state index in [9.17, 15) is 4.79 Å². The fourth-order valence-electron chi connectivity index (χ4n) is 1.82. The summed E-state index contributed by atoms with van der Waals surface area (Å²) in [5.74, 6) is -0.602. The normalized spacial score (nSPS) is 28.6. The summed E-state index contributed by atoms with van der Waals surface area (Å²) in [7, 11) is 0. The molecule has 1 N–H and O–H groups in total. The lowest BCUT2D eigenvalue weighted by molar-refractivity contribution is -0.139. The molecule has 0 aliphatic heterocycles. The lowest BCUT2D eigenvalue weighted by Gasteiger charge is -1.96. The largest absolute Gasteiger partial charge is 1.00 e. The number of hydrogen-bond donors (Lipinski definition) is 1. The second-order valence-electron chi connectivity index (χ2n) is 4.41. The van der Waals surface area contributed by atoms with Gasteiger partial charge in [0.1, 0.15) is 0 Å². The maximum absolute atomic E-state index is 10.7. The van der Waals surface area contributed by atoms with Crippen LogP contribution in [-0.2, 0) is 4.79 Å². The summed E-state index contributed by atoms with van der Waals surface area (Å²) < 4.78 is 0. The van der Waals surface area contributed by atoms with E-state index in [1.807, 2.05) is 27.7 Å². The number of halogens is 1. The van der Waals surface area contributed by atoms with E-state index in [0.717, 1.165) is 0 Å². The molecule has 1 saturated carbocycles. The smallest absolute Gasteiger partial charge is 0.307 e. The van der Waals surface area contributed by atoms with Crippen LogP contribution in [-0.4, -0.2) is 11.1 Å². The van der Waals surface area contributed by atoms with Gasteiger partial charge in [-0.05, 0) is 25.2 Å². The molecule has 0 spiro atoms. The summed E-state index contributed by atoms with van der Waals surface area (Å²) in [6.45, 7) is 8.03. The zero-order valence-corrected chi connectivity index (χ0v) is 9.22. The molecule has 0 heterocycles. The molecule has 0 aromatic rings. The Bertz CT molecular complexity index is 239. The average Bonchev–Trinajstić information content (AvgIpc) is 2.32. The van der Waals surface area contributed by atoms with Crippen molar-refractivity contribution >= 4 is 5.97 Å². The molecule has 2 unspecified atom stereocenters. The average molecular weight is 204 g/mol. The molecule has 2 atom stereocenters. The third-order valence-corrected chi connectivity index (χ3v) is 2.69. The molecule has 0 radical (unpaired) electrons. The standard InChI is InChI=1S/C10H16O2.ClH/c1-6(2)5-7-8(9(11)12)10(7,3)4;/h5,7-8H,1-4H3,(H,11,12);1H/p-1. The van der Waals surface area contributed by atoms with Gasteiger partial charge in [-0.3, -0.25) is 4.79 Å². The molecule has 0 aromatic carbocycles. The van der Waals surface area contributed by atoms with Gasteiger partial charge < -0.3 is 17.5 Å². The highest BCUT2D eigenvalue weighted by Gasteiger charge is 2.60. The van der Waals surface area contributed by atoms with Crippen molar-refractivity contribution < 1.29 is 22.3 Å². The van der Waals surface area contributed by atoms with E-state index in [2.05, 4.69) is 6.08 Å². The Labute approximate surface area is 85.4 Å². The molecular weight excluding hydrogens is 188 g/mol. The first-order valence-electron chi connectivity index (χ1n) is 4.25. The molecule has 0 aromatic heterocycles. The molecular formula is C10H16ClO2-. The highest BCUT2D eigenvalue weighted by molar-refractivity contribution is 5.76. The summed E-state index contributed by atoms with van der Waals surface area (Å²) in [6.07, 6.45) is 2.07. The molecule has 1 aliphatic carbocycles. The highest BCUT2D eigenvalue weighted by atomic mass is 35.5. The summed E-state index contributed by atoms with van der Waals surface area (Å²) >= 11 is 0. The molecule has 2 nitrogen and oxygen atoms in total. The molecule has 13 heavy (non-hydrogen) atoms. The number of rotatable bonds is 2. The SMILES string of the molecule is CC(C)=CC1C(C(=O)O)C1(C)C.[Cl-]. The second kappa shape index (κ2) is 3.70. The van der Waals surface area contributed by atoms with Gasteiger partial charge in [0.2, 0.25) is 0 Å². The predicted octanol–water partition coefficient (Wildman–Crippen LogP) is -0.687. The molecule has 0 amide bonds. The van der Waals surface area contributed by atoms with Crippen LogP contribution in [0.3, 0.4) is 0 Å². The van der Waals surface area contributed by atoms with Crippen molar-refractivity contribution in [3.63, 3.8) is 0 Å². The quantitative estimate of drug-likeness (QED) is 0.604. The van der Waals surface area contributed by atoms with Crippen LogP contribution in [0.4, 0.5) is 0 Å². The first-order chi connectivity index (χ1) is 5.37. The number of aliphatic carboxylic acids is 1. The van der Waals surface area contributed by atoms with Gasteiger partial charge in [-0.2, -0.15) is 0 Å². The van der Waals surface area contributed by atoms with Crippen molar-refractivity contribution in [2.75, 3.05) is 0 Å². The molecule has 3 heteroatoms. The zero-order valence-electron chi connectivity index (χ0n) is 8.47. The van der Waals surface area contributed by atoms with Crippen LogP contribution in [0, 0.1) is 17.3 Å². The topological polar surface area (TPSA) is 37.3 Å². The molecule has 0 bridgehead atoms. The summed E-state index contributed by atoms with van der Waals surface area (Å²) in [4.78, 5) is 10.7. The number of allylic oxidation sites excluding steroid dienone is 2. The number of carbonyl (C=O) groups is 1. The molecule has 1 aliphatic rings. The minimum Gasteiger partial charge on any atom is -1.00 e. The van der Waals surface area contributed by atoms with Crippen molar-refractivity contribution in [2.45, 2.75) is 27.7 Å². The number of carboxylic acids is 1. The first kappa shape index (κ1) is 12.5. The summed E-state index contributed by atoms with van der Waals surface area (Å²) in [5, 5.41) is 8.84. The Morgan fingerprint density at radius 1 is 1.38 bits per heavy atom. The third kappa shape index (κ3) is 2.25. The lowest BCUT2D eigenvalue weighted by Crippen LogP contribution is -3.00. The van der Waals surface area contributed by atoms with Gasteiger partial charge in [0.25, 0.3) is 0 Å². The Hall–Kier alpha value is -0.500. The fraction of sp³-hybridized carbons (Fsp3) is 0.700. The minimum absolute atomic E-state index is 0. The van der Waals surface area contributed by atoms with E-state index in [1.54, 1.807) is 0 Å². The van der Waals surface area contributed by atoms with Crippen LogP contribution >= 0.6 is 0 Å².